The summed E-state index contributed by atoms with van der Waals surface area (Å²) in [5.74, 6) is -0.286. The van der Waals surface area contributed by atoms with Crippen LogP contribution < -0.4 is 5.32 Å². The predicted octanol–water partition coefficient (Wildman–Crippen LogP) is 14.0. The molecule has 0 saturated carbocycles. The first-order chi connectivity index (χ1) is 50.3. The van der Waals surface area contributed by atoms with Crippen molar-refractivity contribution in [2.45, 2.75) is 401 Å². The highest BCUT2D eigenvalue weighted by Gasteiger charge is 2.54. The summed E-state index contributed by atoms with van der Waals surface area (Å²) in [5, 5.41) is 121. The molecule has 0 aliphatic carbocycles. The Labute approximate surface area is 622 Å². The first-order valence-corrected chi connectivity index (χ1v) is 41.0. The second-order valence-electron chi connectivity index (χ2n) is 28.8. The van der Waals surface area contributed by atoms with E-state index in [9.17, 15) is 61.0 Å². The van der Waals surface area contributed by atoms with E-state index in [4.69, 9.17) is 28.4 Å². The van der Waals surface area contributed by atoms with Gasteiger partial charge >= 0.3 is 0 Å². The van der Waals surface area contributed by atoms with Crippen molar-refractivity contribution in [3.05, 3.63) is 97.2 Å². The van der Waals surface area contributed by atoms with Crippen LogP contribution in [-0.4, -0.2) is 193 Å². The van der Waals surface area contributed by atoms with Crippen LogP contribution in [0.3, 0.4) is 0 Å². The van der Waals surface area contributed by atoms with Crippen molar-refractivity contribution in [3.63, 3.8) is 0 Å². The molecule has 3 fully saturated rings. The maximum atomic E-state index is 13.5. The summed E-state index contributed by atoms with van der Waals surface area (Å²) in [6.07, 6.45) is 59.6. The molecular formula is C84H147NO18. The number of carbonyl (C=O) groups excluding carboxylic acids is 1. The minimum atomic E-state index is -1.99. The second-order valence-corrected chi connectivity index (χ2v) is 28.8. The number of aliphatic hydroxyl groups excluding tert-OH is 11. The molecule has 3 saturated heterocycles. The lowest BCUT2D eigenvalue weighted by Gasteiger charge is -2.48. The number of carbonyl (C=O) groups is 1. The van der Waals surface area contributed by atoms with Gasteiger partial charge in [-0.25, -0.2) is 0 Å². The van der Waals surface area contributed by atoms with Crippen molar-refractivity contribution in [1.82, 2.24) is 5.32 Å². The zero-order chi connectivity index (χ0) is 74.6. The maximum Gasteiger partial charge on any atom is 0.220 e. The fraction of sp³-hybridized carbons (Fsp3) is 0.798. The monoisotopic (exact) mass is 1460 g/mol. The van der Waals surface area contributed by atoms with Crippen molar-refractivity contribution in [3.8, 4) is 0 Å². The van der Waals surface area contributed by atoms with Crippen molar-refractivity contribution in [1.29, 1.82) is 0 Å². The van der Waals surface area contributed by atoms with Gasteiger partial charge in [0, 0.05) is 6.42 Å². The topological polar surface area (TPSA) is 307 Å². The van der Waals surface area contributed by atoms with Crippen LogP contribution in [0.2, 0.25) is 0 Å². The minimum absolute atomic E-state index is 0.230. The summed E-state index contributed by atoms with van der Waals surface area (Å²) >= 11 is 0. The number of allylic oxidation sites excluding steroid dienone is 15. The SMILES string of the molecule is CC/C=C\C/C=C\C/C=C\C/C=C\C/C=C\C/C=C\CCCCCCCCCCCCCCCCC(=O)NC(COC1OC(CO)C(OC2OC(CO)C(OC3OC(CO)C(O)C(O)C3O)C(O)C2O)C(O)C1O)C(O)/C=C/CC/C=C/CCCCCCCCCCCCCCCCCCCCC. The van der Waals surface area contributed by atoms with Crippen LogP contribution in [0.15, 0.2) is 97.2 Å². The Bertz CT molecular complexity index is 2240. The average Bonchev–Trinajstić information content (AvgIpc) is 0.781. The van der Waals surface area contributed by atoms with Gasteiger partial charge in [0.2, 0.25) is 5.91 Å². The van der Waals surface area contributed by atoms with Crippen molar-refractivity contribution >= 4 is 5.91 Å². The Morgan fingerprint density at radius 2 is 0.680 bits per heavy atom. The van der Waals surface area contributed by atoms with Gasteiger partial charge in [0.1, 0.15) is 73.2 Å². The number of unbranched alkanes of at least 4 members (excludes halogenated alkanes) is 34. The Kier molecular flexibility index (Phi) is 58.0. The number of amides is 1. The van der Waals surface area contributed by atoms with E-state index in [2.05, 4.69) is 104 Å². The standard InChI is InChI=1S/C84H147NO18/c1-3-5-7-9-11-13-15-17-19-21-23-25-27-29-30-31-32-33-34-35-36-38-40-42-44-46-48-50-52-54-56-58-60-62-72(90)85-67(68(89)61-59-57-55-53-51-49-47-45-43-41-39-37-28-26-24-22-20-18-16-14-12-10-8-6-4-2)66-98-82-78(96)75(93)80(70(64-87)100-82)103-84-79(97)76(94)81(71(65-88)101-84)102-83-77(95)74(92)73(91)69(63-86)99-83/h5,7,11,13,17,19,23,25,29-30,32-33,51,53,59,61,67-71,73-84,86-89,91-97H,3-4,6,8-10,12,14-16,18,20-22,24,26-28,31,34-50,52,54-58,60,62-66H2,1-2H3,(H,85,90)/b7-5-,13-11-,19-17-,25-23-,30-29-,33-32-,53-51+,61-59+. The Morgan fingerprint density at radius 1 is 0.359 bits per heavy atom. The molecule has 3 heterocycles. The molecule has 17 atom stereocenters. The van der Waals surface area contributed by atoms with E-state index >= 15 is 0 Å². The molecule has 12 N–H and O–H groups in total. The maximum absolute atomic E-state index is 13.5. The number of rotatable bonds is 64. The number of aliphatic hydroxyl groups is 11. The van der Waals surface area contributed by atoms with E-state index in [1.807, 2.05) is 6.08 Å². The van der Waals surface area contributed by atoms with Crippen molar-refractivity contribution in [2.75, 3.05) is 26.4 Å². The zero-order valence-electron chi connectivity index (χ0n) is 63.8. The van der Waals surface area contributed by atoms with E-state index in [-0.39, 0.29) is 18.9 Å². The Balaban J connectivity index is 1.38. The van der Waals surface area contributed by atoms with E-state index in [1.165, 1.54) is 180 Å². The largest absolute Gasteiger partial charge is 0.394 e. The van der Waals surface area contributed by atoms with Crippen molar-refractivity contribution < 1.29 is 89.4 Å². The van der Waals surface area contributed by atoms with Gasteiger partial charge < -0.3 is 89.9 Å². The molecule has 0 spiro atoms. The number of hydrogen-bond acceptors (Lipinski definition) is 18. The third-order valence-electron chi connectivity index (χ3n) is 19.9. The molecule has 3 aliphatic heterocycles. The molecule has 1 amide bonds. The molecule has 17 unspecified atom stereocenters. The molecule has 596 valence electrons. The van der Waals surface area contributed by atoms with Gasteiger partial charge in [-0.3, -0.25) is 4.79 Å². The highest BCUT2D eigenvalue weighted by molar-refractivity contribution is 5.76. The molecule has 19 nitrogen and oxygen atoms in total. The van der Waals surface area contributed by atoms with Gasteiger partial charge in [0.15, 0.2) is 18.9 Å². The van der Waals surface area contributed by atoms with Gasteiger partial charge in [-0.15, -0.1) is 0 Å². The third-order valence-corrected chi connectivity index (χ3v) is 19.9. The van der Waals surface area contributed by atoms with E-state index in [0.717, 1.165) is 83.5 Å². The highest BCUT2D eigenvalue weighted by Crippen LogP contribution is 2.33. The van der Waals surface area contributed by atoms with Crippen LogP contribution in [0.25, 0.3) is 0 Å². The summed E-state index contributed by atoms with van der Waals surface area (Å²) in [6.45, 7) is 1.63. The first-order valence-electron chi connectivity index (χ1n) is 41.0. The first kappa shape index (κ1) is 93.9. The summed E-state index contributed by atoms with van der Waals surface area (Å²) in [7, 11) is 0. The molecular weight excluding hydrogens is 1310 g/mol. The van der Waals surface area contributed by atoms with Crippen LogP contribution >= 0.6 is 0 Å². The molecule has 0 bridgehead atoms. The van der Waals surface area contributed by atoms with Crippen LogP contribution in [-0.2, 0) is 33.2 Å². The summed E-state index contributed by atoms with van der Waals surface area (Å²) in [4.78, 5) is 13.5. The smallest absolute Gasteiger partial charge is 0.220 e. The van der Waals surface area contributed by atoms with Gasteiger partial charge in [-0.1, -0.05) is 304 Å². The minimum Gasteiger partial charge on any atom is -0.394 e. The summed E-state index contributed by atoms with van der Waals surface area (Å²) < 4.78 is 34.4. The van der Waals surface area contributed by atoms with Gasteiger partial charge in [0.25, 0.3) is 0 Å². The normalized spacial score (nSPS) is 26.6. The molecule has 3 aliphatic rings. The van der Waals surface area contributed by atoms with Crippen LogP contribution in [0.1, 0.15) is 296 Å². The molecule has 103 heavy (non-hydrogen) atoms. The quantitative estimate of drug-likeness (QED) is 0.0199. The van der Waals surface area contributed by atoms with E-state index in [0.29, 0.717) is 12.8 Å². The van der Waals surface area contributed by atoms with Crippen molar-refractivity contribution in [2.24, 2.45) is 0 Å². The number of ether oxygens (including phenoxy) is 6. The van der Waals surface area contributed by atoms with Gasteiger partial charge in [0.05, 0.1) is 38.6 Å². The molecule has 0 radical (unpaired) electrons. The van der Waals surface area contributed by atoms with Gasteiger partial charge in [-0.2, -0.15) is 0 Å². The zero-order valence-corrected chi connectivity index (χ0v) is 63.8. The average molecular weight is 1460 g/mol. The van der Waals surface area contributed by atoms with E-state index in [1.54, 1.807) is 6.08 Å². The molecule has 0 aromatic carbocycles. The lowest BCUT2D eigenvalue weighted by Crippen LogP contribution is -2.66. The third kappa shape index (κ3) is 43.5. The number of hydrogen-bond donors (Lipinski definition) is 12. The highest BCUT2D eigenvalue weighted by atomic mass is 16.8. The fourth-order valence-corrected chi connectivity index (χ4v) is 13.3. The van der Waals surface area contributed by atoms with E-state index < -0.39 is 124 Å². The van der Waals surface area contributed by atoms with Crippen LogP contribution in [0.4, 0.5) is 0 Å². The summed E-state index contributed by atoms with van der Waals surface area (Å²) in [5.41, 5.74) is 0. The molecule has 19 heteroatoms. The summed E-state index contributed by atoms with van der Waals surface area (Å²) in [6, 6.07) is -0.997. The van der Waals surface area contributed by atoms with Crippen LogP contribution in [0.5, 0.6) is 0 Å². The molecule has 3 rings (SSSR count). The second kappa shape index (κ2) is 63.6. The predicted molar refractivity (Wildman–Crippen MR) is 411 cm³/mol. The Morgan fingerprint density at radius 3 is 1.09 bits per heavy atom. The molecule has 0 aromatic rings. The Hall–Kier alpha value is -3.29. The molecule has 0 aromatic heterocycles. The number of nitrogens with one attached hydrogen (secondary N) is 1. The lowest BCUT2D eigenvalue weighted by atomic mass is 9.96. The lowest BCUT2D eigenvalue weighted by molar-refractivity contribution is -0.379. The van der Waals surface area contributed by atoms with Crippen LogP contribution in [0, 0.1) is 0 Å². The van der Waals surface area contributed by atoms with Gasteiger partial charge in [-0.05, 0) is 83.5 Å². The fourth-order valence-electron chi connectivity index (χ4n) is 13.3.